The zero-order valence-corrected chi connectivity index (χ0v) is 12.4. The molecule has 0 amide bonds. The van der Waals surface area contributed by atoms with Gasteiger partial charge in [0.2, 0.25) is 11.9 Å². The van der Waals surface area contributed by atoms with Crippen LogP contribution in [0.2, 0.25) is 0 Å². The number of rotatable bonds is 5. The molecule has 1 aromatic rings. The van der Waals surface area contributed by atoms with Gasteiger partial charge in [-0.1, -0.05) is 0 Å². The summed E-state index contributed by atoms with van der Waals surface area (Å²) in [5.74, 6) is -10.8. The Kier molecular flexibility index (Phi) is 8.99. The molecule has 25 heavy (non-hydrogen) atoms. The Labute approximate surface area is 139 Å². The number of benzene rings is 1. The first-order chi connectivity index (χ1) is 10.8. The van der Waals surface area contributed by atoms with Crippen molar-refractivity contribution in [3.63, 3.8) is 0 Å². The molecule has 13 nitrogen and oxygen atoms in total. The normalized spacial score (nSPS) is 12.2. The Bertz CT molecular complexity index is 600. The Morgan fingerprint density at radius 2 is 1.52 bits per heavy atom. The number of carbonyl (C=O) groups is 2. The van der Waals surface area contributed by atoms with E-state index in [1.54, 1.807) is 0 Å². The molecule has 0 unspecified atom stereocenters. The van der Waals surface area contributed by atoms with Gasteiger partial charge in [0.1, 0.15) is 0 Å². The van der Waals surface area contributed by atoms with Crippen LogP contribution in [0.5, 0.6) is 11.5 Å². The van der Waals surface area contributed by atoms with E-state index in [1.807, 2.05) is 0 Å². The van der Waals surface area contributed by atoms with E-state index in [9.17, 15) is 19.8 Å². The van der Waals surface area contributed by atoms with Crippen molar-refractivity contribution in [1.29, 1.82) is 0 Å². The van der Waals surface area contributed by atoms with E-state index in [0.29, 0.717) is 0 Å². The molecule has 0 aliphatic rings. The third-order valence-electron chi connectivity index (χ3n) is 2.65. The Hall–Kier alpha value is -2.52. The highest BCUT2D eigenvalue weighted by Crippen LogP contribution is 2.28. The number of aliphatic hydroxyl groups excluding tert-OH is 1. The van der Waals surface area contributed by atoms with Gasteiger partial charge in [-0.2, -0.15) is 0 Å². The van der Waals surface area contributed by atoms with E-state index >= 15 is 0 Å². The molecule has 0 radical (unpaired) electrons. The molecule has 1 atom stereocenters. The largest absolute Gasteiger partial charge is 0.504 e. The highest BCUT2D eigenvalue weighted by atomic mass is 16.6. The maximum absolute atomic E-state index is 9.84. The monoisotopic (exact) mass is 369 g/mol. The molecular weight excluding hydrogens is 350 g/mol. The number of phenols is 2. The fraction of sp³-hybridized carbons (Fsp3) is 0.333. The molecule has 1 aromatic carbocycles. The number of carboxylic acid groups (broad SMARTS) is 2. The van der Waals surface area contributed by atoms with Crippen LogP contribution in [-0.4, -0.2) is 81.8 Å². The Morgan fingerprint density at radius 1 is 1.04 bits per heavy atom. The lowest BCUT2D eigenvalue weighted by molar-refractivity contribution is -0.238. The van der Waals surface area contributed by atoms with Gasteiger partial charge >= 0.3 is 17.7 Å². The summed E-state index contributed by atoms with van der Waals surface area (Å²) in [6, 6.07) is 3.46. The molecule has 0 saturated heterocycles. The smallest absolute Gasteiger partial charge is 0.367 e. The summed E-state index contributed by atoms with van der Waals surface area (Å²) in [5.41, 5.74) is 5.11. The van der Waals surface area contributed by atoms with Gasteiger partial charge in [0.05, 0.1) is 6.54 Å². The second kappa shape index (κ2) is 9.09. The number of aliphatic carboxylic acids is 2. The standard InChI is InChI=1S/C8H11NO4.C4H6O7.H2O/c9-4-8(12,13)5-1-2-6(10)7(11)3-5;5-1(2(6)7)4(10,11)3(8)9;/h1-3,10-13H,4,9H2;1,5,10-11H,(H,6,7)(H,8,9);1H2/t;1-;/m.0./s1. The first-order valence-electron chi connectivity index (χ1n) is 6.03. The number of phenolic OH excluding ortho intramolecular Hbond substituents is 2. The molecule has 13 N–H and O–H groups in total. The predicted molar refractivity (Wildman–Crippen MR) is 77.0 cm³/mol. The molecule has 13 heteroatoms. The first-order valence-corrected chi connectivity index (χ1v) is 6.03. The molecule has 0 heterocycles. The molecule has 0 spiro atoms. The summed E-state index contributed by atoms with van der Waals surface area (Å²) in [4.78, 5) is 19.7. The summed E-state index contributed by atoms with van der Waals surface area (Å²) in [5, 5.41) is 77.4. The molecular formula is C12H19NO12. The number of nitrogens with two attached hydrogens (primary N) is 1. The van der Waals surface area contributed by atoms with Gasteiger partial charge < -0.3 is 57.2 Å². The topological polar surface area (TPSA) is 274 Å². The maximum Gasteiger partial charge on any atom is 0.367 e. The van der Waals surface area contributed by atoms with E-state index in [1.165, 1.54) is 6.07 Å². The fourth-order valence-corrected chi connectivity index (χ4v) is 1.18. The molecule has 0 aliphatic carbocycles. The number of carboxylic acids is 2. The van der Waals surface area contributed by atoms with Crippen molar-refractivity contribution in [3.05, 3.63) is 23.8 Å². The van der Waals surface area contributed by atoms with Crippen molar-refractivity contribution in [2.45, 2.75) is 17.7 Å². The summed E-state index contributed by atoms with van der Waals surface area (Å²) in [6.07, 6.45) is -2.76. The number of hydrogen-bond acceptors (Lipinski definition) is 10. The highest BCUT2D eigenvalue weighted by molar-refractivity contribution is 5.85. The highest BCUT2D eigenvalue weighted by Gasteiger charge is 2.46. The zero-order chi connectivity index (χ0) is 19.3. The molecule has 0 bridgehead atoms. The lowest BCUT2D eigenvalue weighted by atomic mass is 10.1. The number of hydrogen-bond donors (Lipinski definition) is 10. The second-order valence-electron chi connectivity index (χ2n) is 4.50. The SMILES string of the molecule is NCC(O)(O)c1ccc(O)c(O)c1.O.O=C(O)[C@H](O)C(O)(O)C(=O)O. The van der Waals surface area contributed by atoms with Gasteiger partial charge in [0.15, 0.2) is 11.5 Å². The average Bonchev–Trinajstić information content (AvgIpc) is 2.49. The summed E-state index contributed by atoms with van der Waals surface area (Å²) < 4.78 is 0. The van der Waals surface area contributed by atoms with Crippen LogP contribution in [0.4, 0.5) is 0 Å². The van der Waals surface area contributed by atoms with Crippen molar-refractivity contribution < 1.29 is 61.0 Å². The van der Waals surface area contributed by atoms with Crippen molar-refractivity contribution >= 4 is 11.9 Å². The van der Waals surface area contributed by atoms with Crippen molar-refractivity contribution in [2.24, 2.45) is 5.73 Å². The van der Waals surface area contributed by atoms with Gasteiger partial charge in [-0.15, -0.1) is 0 Å². The molecule has 1 rings (SSSR count). The van der Waals surface area contributed by atoms with Gasteiger partial charge in [-0.3, -0.25) is 0 Å². The summed E-state index contributed by atoms with van der Waals surface area (Å²) in [6.45, 7) is -0.392. The van der Waals surface area contributed by atoms with Gasteiger partial charge in [-0.25, -0.2) is 9.59 Å². The van der Waals surface area contributed by atoms with Crippen LogP contribution >= 0.6 is 0 Å². The Morgan fingerprint density at radius 3 is 1.80 bits per heavy atom. The van der Waals surface area contributed by atoms with E-state index in [4.69, 9.17) is 41.5 Å². The number of aromatic hydroxyl groups is 2. The predicted octanol–water partition coefficient (Wildman–Crippen LogP) is -4.43. The third-order valence-corrected chi connectivity index (χ3v) is 2.65. The minimum absolute atomic E-state index is 0. The molecule has 0 aliphatic heterocycles. The average molecular weight is 369 g/mol. The van der Waals surface area contributed by atoms with Crippen LogP contribution < -0.4 is 5.73 Å². The molecule has 144 valence electrons. The van der Waals surface area contributed by atoms with Crippen LogP contribution in [0.25, 0.3) is 0 Å². The minimum Gasteiger partial charge on any atom is -0.504 e. The summed E-state index contributed by atoms with van der Waals surface area (Å²) >= 11 is 0. The maximum atomic E-state index is 9.84. The van der Waals surface area contributed by atoms with Crippen LogP contribution in [0, 0.1) is 0 Å². The summed E-state index contributed by atoms with van der Waals surface area (Å²) in [7, 11) is 0. The van der Waals surface area contributed by atoms with E-state index in [2.05, 4.69) is 0 Å². The van der Waals surface area contributed by atoms with Crippen molar-refractivity contribution in [3.8, 4) is 11.5 Å². The quantitative estimate of drug-likeness (QED) is 0.174. The fourth-order valence-electron chi connectivity index (χ4n) is 1.18. The van der Waals surface area contributed by atoms with Crippen LogP contribution in [0.3, 0.4) is 0 Å². The van der Waals surface area contributed by atoms with E-state index in [-0.39, 0.29) is 16.8 Å². The minimum atomic E-state index is -3.65. The second-order valence-corrected chi connectivity index (χ2v) is 4.50. The lowest BCUT2D eigenvalue weighted by Crippen LogP contribution is -2.53. The lowest BCUT2D eigenvalue weighted by Gasteiger charge is -2.19. The van der Waals surface area contributed by atoms with Gasteiger partial charge in [0, 0.05) is 5.56 Å². The van der Waals surface area contributed by atoms with Gasteiger partial charge in [0.25, 0.3) is 0 Å². The Balaban J connectivity index is 0. The van der Waals surface area contributed by atoms with Crippen LogP contribution in [-0.2, 0) is 15.4 Å². The van der Waals surface area contributed by atoms with Crippen molar-refractivity contribution in [1.82, 2.24) is 0 Å². The molecule has 0 fully saturated rings. The van der Waals surface area contributed by atoms with Crippen molar-refractivity contribution in [2.75, 3.05) is 6.54 Å². The van der Waals surface area contributed by atoms with Gasteiger partial charge in [-0.05, 0) is 18.2 Å². The van der Waals surface area contributed by atoms with Crippen LogP contribution in [0.1, 0.15) is 5.56 Å². The molecule has 0 saturated carbocycles. The number of aliphatic hydroxyl groups is 5. The third kappa shape index (κ3) is 6.48. The van der Waals surface area contributed by atoms with E-state index in [0.717, 1.165) is 12.1 Å². The zero-order valence-electron chi connectivity index (χ0n) is 12.4. The van der Waals surface area contributed by atoms with Crippen LogP contribution in [0.15, 0.2) is 18.2 Å². The van der Waals surface area contributed by atoms with E-state index < -0.39 is 41.9 Å². The first kappa shape index (κ1) is 24.7. The molecule has 0 aromatic heterocycles.